The van der Waals surface area contributed by atoms with Gasteiger partial charge in [0.2, 0.25) is 11.8 Å². The van der Waals surface area contributed by atoms with Gasteiger partial charge in [-0.15, -0.1) is 11.3 Å². The number of anilines is 2. The molecule has 2 fully saturated rings. The lowest BCUT2D eigenvalue weighted by molar-refractivity contribution is -0.143. The lowest BCUT2D eigenvalue weighted by Gasteiger charge is -2.31. The number of nitrogens with two attached hydrogens (primary N) is 1. The summed E-state index contributed by atoms with van der Waals surface area (Å²) < 4.78 is 52.5. The summed E-state index contributed by atoms with van der Waals surface area (Å²) in [4.78, 5) is 38.6. The van der Waals surface area contributed by atoms with Crippen LogP contribution in [0.1, 0.15) is 51.5 Å². The number of rotatable bonds is 10. The first-order chi connectivity index (χ1) is 23.4. The van der Waals surface area contributed by atoms with E-state index in [0.29, 0.717) is 25.9 Å². The van der Waals surface area contributed by atoms with E-state index >= 15 is 4.39 Å². The fourth-order valence-corrected chi connectivity index (χ4v) is 8.44. The molecule has 4 aromatic rings. The molecule has 0 bridgehead atoms. The highest BCUT2D eigenvalue weighted by molar-refractivity contribution is 7.23. The number of aromatic nitrogens is 2. The van der Waals surface area contributed by atoms with Gasteiger partial charge in [0.25, 0.3) is 0 Å². The molecule has 10 nitrogen and oxygen atoms in total. The number of benzene rings is 2. The van der Waals surface area contributed by atoms with Crippen molar-refractivity contribution >= 4 is 66.6 Å². The van der Waals surface area contributed by atoms with E-state index in [4.69, 9.17) is 22.1 Å². The highest BCUT2D eigenvalue weighted by Gasteiger charge is 2.49. The van der Waals surface area contributed by atoms with Crippen LogP contribution in [0.5, 0.6) is 6.01 Å². The molecule has 2 aliphatic heterocycles. The van der Waals surface area contributed by atoms with Gasteiger partial charge < -0.3 is 15.4 Å². The lowest BCUT2D eigenvalue weighted by atomic mass is 9.95. The Bertz CT molecular complexity index is 2020. The summed E-state index contributed by atoms with van der Waals surface area (Å²) in [6.45, 7) is 4.81. The molecule has 2 amide bonds. The number of amides is 2. The highest BCUT2D eigenvalue weighted by Crippen LogP contribution is 2.46. The van der Waals surface area contributed by atoms with Crippen LogP contribution in [-0.2, 0) is 9.59 Å². The number of hydrogen-bond acceptors (Lipinski definition) is 10. The summed E-state index contributed by atoms with van der Waals surface area (Å²) in [5.41, 5.74) is 5.48. The minimum Gasteiger partial charge on any atom is -0.461 e. The van der Waals surface area contributed by atoms with Crippen LogP contribution < -0.4 is 15.4 Å². The molecule has 15 heteroatoms. The van der Waals surface area contributed by atoms with Crippen molar-refractivity contribution in [3.05, 3.63) is 40.4 Å². The number of fused-ring (bicyclic) bond motifs is 3. The Morgan fingerprint density at radius 2 is 2.08 bits per heavy atom. The number of thiophene rings is 1. The zero-order valence-electron chi connectivity index (χ0n) is 27.3. The van der Waals surface area contributed by atoms with Crippen LogP contribution in [0.25, 0.3) is 32.1 Å². The van der Waals surface area contributed by atoms with Gasteiger partial charge in [0.05, 0.1) is 20.8 Å². The minimum absolute atomic E-state index is 0.0151. The topological polar surface area (TPSA) is 129 Å². The Labute approximate surface area is 290 Å². The molecule has 2 atom stereocenters. The van der Waals surface area contributed by atoms with Crippen molar-refractivity contribution in [2.24, 2.45) is 0 Å². The number of imide groups is 1. The molecule has 0 radical (unpaired) electrons. The molecule has 2 aromatic heterocycles. The van der Waals surface area contributed by atoms with Crippen molar-refractivity contribution in [2.45, 2.75) is 57.7 Å². The number of nitrogen functional groups attached to an aromatic ring is 1. The molecule has 0 unspecified atom stereocenters. The Hall–Kier alpha value is -4.19. The summed E-state index contributed by atoms with van der Waals surface area (Å²) in [6.07, 6.45) is 1.44. The van der Waals surface area contributed by atoms with Crippen LogP contribution in [0.3, 0.4) is 0 Å². The van der Waals surface area contributed by atoms with Gasteiger partial charge in [0.15, 0.2) is 5.82 Å². The van der Waals surface area contributed by atoms with Crippen LogP contribution in [0.2, 0.25) is 5.02 Å². The quantitative estimate of drug-likeness (QED) is 0.197. The summed E-state index contributed by atoms with van der Waals surface area (Å²) in [7, 11) is 1.72. The summed E-state index contributed by atoms with van der Waals surface area (Å²) in [5.74, 6) is -1.82. The number of hydrogen-bond donors (Lipinski definition) is 1. The average Bonchev–Trinajstić information content (AvgIpc) is 3.70. The molecule has 2 aliphatic rings. The number of carbonyl (C=O) groups excluding carboxylic acids is 2. The molecule has 4 heterocycles. The summed E-state index contributed by atoms with van der Waals surface area (Å²) in [5, 5.41) is 10.3. The Kier molecular flexibility index (Phi) is 9.63. The van der Waals surface area contributed by atoms with E-state index in [1.165, 1.54) is 30.0 Å². The zero-order chi connectivity index (χ0) is 35.2. The Morgan fingerprint density at radius 1 is 1.31 bits per heavy atom. The smallest absolute Gasteiger partial charge is 0.319 e. The number of alkyl halides is 1. The van der Waals surface area contributed by atoms with E-state index in [2.05, 4.69) is 14.9 Å². The molecule has 0 spiro atoms. The monoisotopic (exact) mass is 713 g/mol. The van der Waals surface area contributed by atoms with Gasteiger partial charge in [-0.2, -0.15) is 15.2 Å². The van der Waals surface area contributed by atoms with Crippen LogP contribution in [0.15, 0.2) is 18.2 Å². The Balaban J connectivity index is 1.43. The van der Waals surface area contributed by atoms with Crippen molar-refractivity contribution in [3.63, 3.8) is 0 Å². The van der Waals surface area contributed by atoms with Gasteiger partial charge in [0.1, 0.15) is 41.0 Å². The van der Waals surface area contributed by atoms with Gasteiger partial charge in [-0.05, 0) is 50.4 Å². The fraction of sp³-hybridized carbons (Fsp3) is 0.441. The normalized spacial score (nSPS) is 18.9. The molecule has 49 heavy (non-hydrogen) atoms. The van der Waals surface area contributed by atoms with E-state index in [0.717, 1.165) is 30.7 Å². The fourth-order valence-electron chi connectivity index (χ4n) is 7.20. The van der Waals surface area contributed by atoms with E-state index in [1.807, 2.05) is 6.07 Å². The van der Waals surface area contributed by atoms with Crippen molar-refractivity contribution in [1.82, 2.24) is 19.8 Å². The molecular formula is C34H35ClF3N7O3S. The molecule has 0 saturated carbocycles. The third kappa shape index (κ3) is 6.24. The second-order valence-electron chi connectivity index (χ2n) is 12.6. The first-order valence-electron chi connectivity index (χ1n) is 16.0. The van der Waals surface area contributed by atoms with E-state index in [-0.39, 0.29) is 90.9 Å². The first kappa shape index (κ1) is 34.7. The van der Waals surface area contributed by atoms with Gasteiger partial charge in [-0.3, -0.25) is 19.4 Å². The third-order valence-electron chi connectivity index (χ3n) is 9.52. The van der Waals surface area contributed by atoms with Gasteiger partial charge in [-0.1, -0.05) is 17.7 Å². The van der Waals surface area contributed by atoms with Crippen molar-refractivity contribution in [2.75, 3.05) is 50.5 Å². The van der Waals surface area contributed by atoms with E-state index in [1.54, 1.807) is 18.9 Å². The maximum atomic E-state index is 16.9. The molecule has 0 aliphatic carbocycles. The van der Waals surface area contributed by atoms with Gasteiger partial charge >= 0.3 is 6.01 Å². The maximum Gasteiger partial charge on any atom is 0.319 e. The van der Waals surface area contributed by atoms with Gasteiger partial charge in [0, 0.05) is 62.8 Å². The van der Waals surface area contributed by atoms with E-state index in [9.17, 15) is 23.6 Å². The van der Waals surface area contributed by atoms with Gasteiger partial charge in [-0.25, -0.2) is 13.2 Å². The highest BCUT2D eigenvalue weighted by atomic mass is 35.5. The van der Waals surface area contributed by atoms with E-state index < -0.39 is 23.3 Å². The number of halogens is 4. The zero-order valence-corrected chi connectivity index (χ0v) is 28.9. The van der Waals surface area contributed by atoms with Crippen molar-refractivity contribution < 1.29 is 27.5 Å². The first-order valence-corrected chi connectivity index (χ1v) is 17.2. The predicted octanol–water partition coefficient (Wildman–Crippen LogP) is 6.46. The van der Waals surface area contributed by atoms with Crippen LogP contribution >= 0.6 is 22.9 Å². The van der Waals surface area contributed by atoms with Crippen molar-refractivity contribution in [1.29, 1.82) is 5.26 Å². The maximum absolute atomic E-state index is 16.9. The molecule has 2 saturated heterocycles. The minimum atomic E-state index is -0.975. The van der Waals surface area contributed by atoms with Crippen LogP contribution in [-0.4, -0.2) is 83.1 Å². The largest absolute Gasteiger partial charge is 0.461 e. The summed E-state index contributed by atoms with van der Waals surface area (Å²) >= 11 is 7.67. The number of nitrogens with zero attached hydrogens (tertiary/aromatic N) is 6. The number of ether oxygens (including phenoxy) is 1. The molecule has 2 N–H and O–H groups in total. The van der Waals surface area contributed by atoms with Crippen LogP contribution in [0, 0.1) is 23.0 Å². The number of carbonyl (C=O) groups is 2. The molecule has 258 valence electrons. The average molecular weight is 714 g/mol. The molecule has 2 aromatic carbocycles. The van der Waals surface area contributed by atoms with Crippen molar-refractivity contribution in [3.8, 4) is 23.2 Å². The molecule has 6 rings (SSSR count). The second-order valence-corrected chi connectivity index (χ2v) is 14.0. The second kappa shape index (κ2) is 13.6. The SMILES string of the molecule is CCN(C(C)=O)C(=O)CCCN(C)c1nc(OC[C@@]23CCCN2C[C@H](F)C3)nc2c(F)c(-c3ccc(F)c4sc(N)c(C#N)c34)c(Cl)cc12. The number of nitriles is 1. The van der Waals surface area contributed by atoms with Crippen LogP contribution in [0.4, 0.5) is 24.0 Å². The lowest BCUT2D eigenvalue weighted by Crippen LogP contribution is -2.43. The predicted molar refractivity (Wildman–Crippen MR) is 184 cm³/mol. The standard InChI is InChI=1S/C34H35ClF3N7O3S/c1-4-45(18(2)46)25(47)7-5-11-43(3)32-21-13-23(35)27(20-8-9-24(37)30-26(20)22(15-39)31(40)49-30)28(38)29(21)41-33(42-32)48-17-34-10-6-12-44(34)16-19(36)14-34/h8-9,13,19H,4-7,10-12,14,16-17,40H2,1-3H3/t19-,34+/m1/s1. The Morgan fingerprint density at radius 3 is 2.80 bits per heavy atom. The molecular weight excluding hydrogens is 679 g/mol. The third-order valence-corrected chi connectivity index (χ3v) is 10.8. The summed E-state index contributed by atoms with van der Waals surface area (Å²) in [6, 6.07) is 5.89.